The molecule has 0 aliphatic carbocycles. The topological polar surface area (TPSA) is 65.4 Å². The second-order valence-electron chi connectivity index (χ2n) is 5.14. The van der Waals surface area contributed by atoms with Gasteiger partial charge in [-0.15, -0.1) is 0 Å². The normalized spacial score (nSPS) is 15.3. The Morgan fingerprint density at radius 1 is 1.05 bits per heavy atom. The lowest BCUT2D eigenvalue weighted by atomic mass is 10.1. The maximum atomic E-state index is 9.47. The molecule has 1 aliphatic rings. The molecule has 3 rings (SSSR count). The summed E-state index contributed by atoms with van der Waals surface area (Å²) < 4.78 is 0. The summed E-state index contributed by atoms with van der Waals surface area (Å²) in [5.41, 5.74) is 2.93. The lowest BCUT2D eigenvalue weighted by Gasteiger charge is -2.36. The fourth-order valence-electron chi connectivity index (χ4n) is 2.59. The first-order valence-electron chi connectivity index (χ1n) is 7.11. The molecular weight excluding hydrogens is 266 g/mol. The molecule has 2 aromatic heterocycles. The highest BCUT2D eigenvalue weighted by Crippen LogP contribution is 2.23. The van der Waals surface area contributed by atoms with Gasteiger partial charge in [-0.1, -0.05) is 0 Å². The van der Waals surface area contributed by atoms with Crippen molar-refractivity contribution in [2.75, 3.05) is 36.0 Å². The Hall–Kier alpha value is -2.21. The summed E-state index contributed by atoms with van der Waals surface area (Å²) in [6.45, 7) is 5.50. The Kier molecular flexibility index (Phi) is 3.96. The molecule has 0 aromatic carbocycles. The fourth-order valence-corrected chi connectivity index (χ4v) is 2.59. The van der Waals surface area contributed by atoms with E-state index in [1.165, 1.54) is 0 Å². The number of rotatable bonds is 3. The minimum atomic E-state index is 0.0185. The Labute approximate surface area is 124 Å². The first-order valence-corrected chi connectivity index (χ1v) is 7.11. The maximum absolute atomic E-state index is 9.47. The van der Waals surface area contributed by atoms with Crippen LogP contribution in [0.25, 0.3) is 0 Å². The SMILES string of the molecule is Cc1cc(N2CCN(c3ncccn3)CC2)c(CO)cn1. The standard InChI is InChI=1S/C15H19N5O/c1-12-9-14(13(11-21)10-18-12)19-5-7-20(8-6-19)15-16-3-2-4-17-15/h2-4,9-10,21H,5-8,11H2,1H3. The van der Waals surface area contributed by atoms with E-state index in [0.717, 1.165) is 49.1 Å². The molecule has 0 saturated carbocycles. The molecule has 0 bridgehead atoms. The van der Waals surface area contributed by atoms with E-state index in [0.29, 0.717) is 0 Å². The van der Waals surface area contributed by atoms with Gasteiger partial charge in [0, 0.05) is 61.7 Å². The Morgan fingerprint density at radius 2 is 1.71 bits per heavy atom. The summed E-state index contributed by atoms with van der Waals surface area (Å²) in [5, 5.41) is 9.47. The van der Waals surface area contributed by atoms with Crippen LogP contribution in [0.3, 0.4) is 0 Å². The molecule has 21 heavy (non-hydrogen) atoms. The molecule has 0 spiro atoms. The van der Waals surface area contributed by atoms with Crippen LogP contribution in [0.4, 0.5) is 11.6 Å². The number of hydrogen-bond donors (Lipinski definition) is 1. The zero-order valence-electron chi connectivity index (χ0n) is 12.1. The number of aromatic nitrogens is 3. The van der Waals surface area contributed by atoms with Crippen molar-refractivity contribution in [3.05, 3.63) is 42.0 Å². The van der Waals surface area contributed by atoms with Crippen LogP contribution in [0, 0.1) is 6.92 Å². The lowest BCUT2D eigenvalue weighted by Crippen LogP contribution is -2.47. The number of nitrogens with zero attached hydrogens (tertiary/aromatic N) is 5. The summed E-state index contributed by atoms with van der Waals surface area (Å²) >= 11 is 0. The lowest BCUT2D eigenvalue weighted by molar-refractivity contribution is 0.281. The van der Waals surface area contributed by atoms with Gasteiger partial charge >= 0.3 is 0 Å². The summed E-state index contributed by atoms with van der Waals surface area (Å²) in [6.07, 6.45) is 5.30. The van der Waals surface area contributed by atoms with Crippen LogP contribution >= 0.6 is 0 Å². The number of piperazine rings is 1. The fraction of sp³-hybridized carbons (Fsp3) is 0.400. The number of aryl methyl sites for hydroxylation is 1. The Bertz CT molecular complexity index is 596. The summed E-state index contributed by atoms with van der Waals surface area (Å²) in [7, 11) is 0. The van der Waals surface area contributed by atoms with E-state index < -0.39 is 0 Å². The van der Waals surface area contributed by atoms with Crippen LogP contribution in [0.1, 0.15) is 11.3 Å². The molecule has 2 aromatic rings. The van der Waals surface area contributed by atoms with Crippen molar-refractivity contribution >= 4 is 11.6 Å². The maximum Gasteiger partial charge on any atom is 0.225 e. The van der Waals surface area contributed by atoms with Crippen LogP contribution in [0.15, 0.2) is 30.7 Å². The largest absolute Gasteiger partial charge is 0.392 e. The predicted octanol–water partition coefficient (Wildman–Crippen LogP) is 0.999. The Balaban J connectivity index is 1.73. The zero-order chi connectivity index (χ0) is 14.7. The van der Waals surface area contributed by atoms with Crippen molar-refractivity contribution in [2.45, 2.75) is 13.5 Å². The van der Waals surface area contributed by atoms with Crippen molar-refractivity contribution in [1.82, 2.24) is 15.0 Å². The summed E-state index contributed by atoms with van der Waals surface area (Å²) in [4.78, 5) is 17.3. The molecule has 6 heteroatoms. The molecule has 1 fully saturated rings. The average molecular weight is 285 g/mol. The summed E-state index contributed by atoms with van der Waals surface area (Å²) in [5.74, 6) is 0.783. The van der Waals surface area contributed by atoms with Crippen molar-refractivity contribution in [2.24, 2.45) is 0 Å². The predicted molar refractivity (Wildman–Crippen MR) is 81.4 cm³/mol. The third-order valence-electron chi connectivity index (χ3n) is 3.72. The van der Waals surface area contributed by atoms with Gasteiger partial charge in [0.2, 0.25) is 5.95 Å². The van der Waals surface area contributed by atoms with Crippen LogP contribution in [-0.2, 0) is 6.61 Å². The highest BCUT2D eigenvalue weighted by Gasteiger charge is 2.20. The smallest absolute Gasteiger partial charge is 0.225 e. The average Bonchev–Trinajstić information content (AvgIpc) is 2.56. The molecule has 110 valence electrons. The number of aliphatic hydroxyl groups is 1. The molecule has 0 radical (unpaired) electrons. The molecule has 1 N–H and O–H groups in total. The number of anilines is 2. The first kappa shape index (κ1) is 13.8. The van der Waals surface area contributed by atoms with E-state index in [2.05, 4.69) is 24.8 Å². The third-order valence-corrected chi connectivity index (χ3v) is 3.72. The van der Waals surface area contributed by atoms with Crippen LogP contribution in [0.2, 0.25) is 0 Å². The van der Waals surface area contributed by atoms with E-state index in [1.54, 1.807) is 18.6 Å². The van der Waals surface area contributed by atoms with E-state index in [-0.39, 0.29) is 6.61 Å². The van der Waals surface area contributed by atoms with Gasteiger partial charge in [0.15, 0.2) is 0 Å². The molecule has 0 unspecified atom stereocenters. The van der Waals surface area contributed by atoms with E-state index >= 15 is 0 Å². The highest BCUT2D eigenvalue weighted by molar-refractivity contribution is 5.54. The third kappa shape index (κ3) is 2.95. The van der Waals surface area contributed by atoms with Crippen molar-refractivity contribution < 1.29 is 5.11 Å². The highest BCUT2D eigenvalue weighted by atomic mass is 16.3. The molecule has 6 nitrogen and oxygen atoms in total. The van der Waals surface area contributed by atoms with Gasteiger partial charge in [-0.05, 0) is 19.1 Å². The number of pyridine rings is 1. The van der Waals surface area contributed by atoms with Crippen LogP contribution < -0.4 is 9.80 Å². The molecule has 0 amide bonds. The molecule has 0 atom stereocenters. The van der Waals surface area contributed by atoms with Crippen molar-refractivity contribution in [1.29, 1.82) is 0 Å². The Morgan fingerprint density at radius 3 is 2.38 bits per heavy atom. The van der Waals surface area contributed by atoms with Gasteiger partial charge in [-0.3, -0.25) is 4.98 Å². The zero-order valence-corrected chi connectivity index (χ0v) is 12.1. The molecular formula is C15H19N5O. The second-order valence-corrected chi connectivity index (χ2v) is 5.14. The minimum absolute atomic E-state index is 0.0185. The summed E-state index contributed by atoms with van der Waals surface area (Å²) in [6, 6.07) is 3.87. The van der Waals surface area contributed by atoms with Gasteiger partial charge in [0.25, 0.3) is 0 Å². The van der Waals surface area contributed by atoms with E-state index in [9.17, 15) is 5.11 Å². The molecule has 1 saturated heterocycles. The van der Waals surface area contributed by atoms with Crippen molar-refractivity contribution in [3.63, 3.8) is 0 Å². The van der Waals surface area contributed by atoms with Gasteiger partial charge in [0.05, 0.1) is 6.61 Å². The van der Waals surface area contributed by atoms with Gasteiger partial charge < -0.3 is 14.9 Å². The van der Waals surface area contributed by atoms with E-state index in [4.69, 9.17) is 0 Å². The monoisotopic (exact) mass is 285 g/mol. The van der Waals surface area contributed by atoms with E-state index in [1.807, 2.05) is 19.1 Å². The van der Waals surface area contributed by atoms with Gasteiger partial charge in [0.1, 0.15) is 0 Å². The molecule has 1 aliphatic heterocycles. The van der Waals surface area contributed by atoms with Crippen LogP contribution in [-0.4, -0.2) is 46.2 Å². The van der Waals surface area contributed by atoms with Crippen LogP contribution in [0.5, 0.6) is 0 Å². The quantitative estimate of drug-likeness (QED) is 0.907. The molecule has 3 heterocycles. The van der Waals surface area contributed by atoms with Gasteiger partial charge in [-0.25, -0.2) is 9.97 Å². The second kappa shape index (κ2) is 6.05. The number of aliphatic hydroxyl groups excluding tert-OH is 1. The minimum Gasteiger partial charge on any atom is -0.392 e. The number of hydrogen-bond acceptors (Lipinski definition) is 6. The van der Waals surface area contributed by atoms with Gasteiger partial charge in [-0.2, -0.15) is 0 Å². The van der Waals surface area contributed by atoms with Crippen molar-refractivity contribution in [3.8, 4) is 0 Å². The first-order chi connectivity index (χ1) is 10.3.